The number of aliphatic hydroxyl groups is 1. The van der Waals surface area contributed by atoms with Crippen molar-refractivity contribution in [3.63, 3.8) is 0 Å². The summed E-state index contributed by atoms with van der Waals surface area (Å²) < 4.78 is 5.55. The van der Waals surface area contributed by atoms with Crippen LogP contribution < -0.4 is 10.6 Å². The molecule has 0 radical (unpaired) electrons. The topological polar surface area (TPSA) is 94.9 Å². The highest BCUT2D eigenvalue weighted by Gasteiger charge is 2.45. The van der Waals surface area contributed by atoms with Gasteiger partial charge in [0.25, 0.3) is 6.02 Å². The quantitative estimate of drug-likeness (QED) is 0.436. The van der Waals surface area contributed by atoms with E-state index in [0.717, 1.165) is 19.4 Å². The Morgan fingerprint density at radius 1 is 1.25 bits per heavy atom. The number of piperidine rings is 1. The average Bonchev–Trinajstić information content (AvgIpc) is 3.57. The summed E-state index contributed by atoms with van der Waals surface area (Å²) in [6.07, 6.45) is 2.96. The Morgan fingerprint density at radius 2 is 2.00 bits per heavy atom. The number of aliphatic imine (C=N–C) groups is 1. The van der Waals surface area contributed by atoms with Gasteiger partial charge in [0.15, 0.2) is 0 Å². The fourth-order valence-corrected chi connectivity index (χ4v) is 5.08. The van der Waals surface area contributed by atoms with Crippen LogP contribution >= 0.6 is 0 Å². The van der Waals surface area contributed by atoms with E-state index in [1.165, 1.54) is 22.4 Å². The second-order valence-corrected chi connectivity index (χ2v) is 9.15. The molecule has 1 saturated heterocycles. The Bertz CT molecular complexity index is 1140. The lowest BCUT2D eigenvalue weighted by Gasteiger charge is -2.40. The van der Waals surface area contributed by atoms with E-state index >= 15 is 0 Å². The molecule has 2 aromatic rings. The number of hydrogen-bond acceptors (Lipinski definition) is 5. The maximum atomic E-state index is 10.1. The molecule has 164 valence electrons. The Morgan fingerprint density at radius 3 is 2.72 bits per heavy atom. The van der Waals surface area contributed by atoms with Gasteiger partial charge in [-0.2, -0.15) is 5.26 Å². The molecule has 32 heavy (non-hydrogen) atoms. The van der Waals surface area contributed by atoms with Crippen LogP contribution in [0.5, 0.6) is 0 Å². The van der Waals surface area contributed by atoms with Gasteiger partial charge in [-0.05, 0) is 60.6 Å². The number of nitrogens with zero attached hydrogens (tertiary/aromatic N) is 3. The molecular formula is C26H28N4O2. The third kappa shape index (κ3) is 3.53. The SMILES string of the molecule is C=C(OC(N)=NC1CCN2c3ccc(C#N)cc3[C@@H](C)c3ccccc3[C@@H]2C1)C1(O)CC1. The normalized spacial score (nSPS) is 25.5. The lowest BCUT2D eigenvalue weighted by atomic mass is 9.86. The molecule has 1 saturated carbocycles. The molecule has 2 fully saturated rings. The van der Waals surface area contributed by atoms with Crippen molar-refractivity contribution in [3.8, 4) is 6.07 Å². The summed E-state index contributed by atoms with van der Waals surface area (Å²) in [5, 5.41) is 19.6. The van der Waals surface area contributed by atoms with Gasteiger partial charge in [0.05, 0.1) is 23.7 Å². The summed E-state index contributed by atoms with van der Waals surface area (Å²) in [7, 11) is 0. The third-order valence-corrected chi connectivity index (χ3v) is 7.11. The Labute approximate surface area is 188 Å². The van der Waals surface area contributed by atoms with Crippen LogP contribution in [0.25, 0.3) is 0 Å². The highest BCUT2D eigenvalue weighted by molar-refractivity contribution is 5.73. The van der Waals surface area contributed by atoms with Gasteiger partial charge in [-0.3, -0.25) is 0 Å². The monoisotopic (exact) mass is 428 g/mol. The van der Waals surface area contributed by atoms with E-state index < -0.39 is 5.60 Å². The van der Waals surface area contributed by atoms with Crippen molar-refractivity contribution in [2.24, 2.45) is 10.7 Å². The molecule has 0 spiro atoms. The molecule has 0 amide bonds. The van der Waals surface area contributed by atoms with E-state index in [4.69, 9.17) is 10.5 Å². The first-order valence-electron chi connectivity index (χ1n) is 11.2. The number of nitriles is 1. The minimum atomic E-state index is -0.939. The van der Waals surface area contributed by atoms with Crippen molar-refractivity contribution < 1.29 is 9.84 Å². The molecule has 2 aromatic carbocycles. The predicted molar refractivity (Wildman–Crippen MR) is 124 cm³/mol. The second-order valence-electron chi connectivity index (χ2n) is 9.15. The van der Waals surface area contributed by atoms with E-state index in [2.05, 4.69) is 59.8 Å². The van der Waals surface area contributed by atoms with Crippen LogP contribution in [0.2, 0.25) is 0 Å². The standard InChI is InChI=1S/C26H28N4O2/c1-16-20-5-3-4-6-21(20)24-14-19(29-25(28)32-17(2)26(31)10-11-26)9-12-30(24)23-8-7-18(15-27)13-22(16)23/h3-8,13,16,19,24,31H,2,9-12,14H2,1H3,(H2,28,29)/t16-,19?,24-/m0/s1. The summed E-state index contributed by atoms with van der Waals surface area (Å²) in [6.45, 7) is 6.86. The van der Waals surface area contributed by atoms with Crippen molar-refractivity contribution >= 4 is 11.7 Å². The number of nitrogens with two attached hydrogens (primary N) is 1. The third-order valence-electron chi connectivity index (χ3n) is 7.11. The molecule has 6 heteroatoms. The summed E-state index contributed by atoms with van der Waals surface area (Å²) in [6, 6.07) is 17.1. The van der Waals surface area contributed by atoms with E-state index in [-0.39, 0.29) is 29.8 Å². The van der Waals surface area contributed by atoms with Gasteiger partial charge in [-0.25, -0.2) is 4.99 Å². The molecule has 2 heterocycles. The van der Waals surface area contributed by atoms with Crippen molar-refractivity contribution in [3.05, 3.63) is 77.1 Å². The molecule has 2 aliphatic heterocycles. The van der Waals surface area contributed by atoms with Crippen LogP contribution in [0.15, 0.2) is 59.8 Å². The van der Waals surface area contributed by atoms with Crippen molar-refractivity contribution in [2.45, 2.75) is 56.2 Å². The predicted octanol–water partition coefficient (Wildman–Crippen LogP) is 4.10. The number of rotatable bonds is 3. The minimum Gasteiger partial charge on any atom is -0.428 e. The van der Waals surface area contributed by atoms with Gasteiger partial charge < -0.3 is 20.5 Å². The highest BCUT2D eigenvalue weighted by atomic mass is 16.5. The summed E-state index contributed by atoms with van der Waals surface area (Å²) >= 11 is 0. The Balaban J connectivity index is 1.47. The van der Waals surface area contributed by atoms with Crippen LogP contribution in [0.1, 0.15) is 66.8 Å². The lowest BCUT2D eigenvalue weighted by molar-refractivity contribution is 0.135. The van der Waals surface area contributed by atoms with Crippen LogP contribution in [-0.2, 0) is 4.74 Å². The van der Waals surface area contributed by atoms with E-state index in [0.29, 0.717) is 18.4 Å². The van der Waals surface area contributed by atoms with Crippen LogP contribution in [-0.4, -0.2) is 29.3 Å². The maximum absolute atomic E-state index is 10.1. The average molecular weight is 429 g/mol. The zero-order valence-corrected chi connectivity index (χ0v) is 18.3. The zero-order valence-electron chi connectivity index (χ0n) is 18.3. The Hall–Kier alpha value is -3.30. The first kappa shape index (κ1) is 20.6. The fraction of sp³-hybridized carbons (Fsp3) is 0.385. The molecule has 0 bridgehead atoms. The smallest absolute Gasteiger partial charge is 0.287 e. The van der Waals surface area contributed by atoms with Gasteiger partial charge in [0.1, 0.15) is 11.4 Å². The number of ether oxygens (including phenoxy) is 1. The molecular weight excluding hydrogens is 400 g/mol. The van der Waals surface area contributed by atoms with E-state index in [1.807, 2.05) is 12.1 Å². The van der Waals surface area contributed by atoms with Gasteiger partial charge in [-0.1, -0.05) is 37.8 Å². The Kier molecular flexibility index (Phi) is 4.94. The molecule has 6 nitrogen and oxygen atoms in total. The van der Waals surface area contributed by atoms with Crippen molar-refractivity contribution in [2.75, 3.05) is 11.4 Å². The van der Waals surface area contributed by atoms with Crippen LogP contribution in [0.3, 0.4) is 0 Å². The maximum Gasteiger partial charge on any atom is 0.287 e. The summed E-state index contributed by atoms with van der Waals surface area (Å²) in [5.74, 6) is 0.477. The molecule has 1 aliphatic carbocycles. The summed E-state index contributed by atoms with van der Waals surface area (Å²) in [4.78, 5) is 7.10. The van der Waals surface area contributed by atoms with Gasteiger partial charge >= 0.3 is 0 Å². The fourth-order valence-electron chi connectivity index (χ4n) is 5.08. The molecule has 3 atom stereocenters. The van der Waals surface area contributed by atoms with E-state index in [9.17, 15) is 10.4 Å². The molecule has 3 aliphatic rings. The first-order valence-corrected chi connectivity index (χ1v) is 11.2. The van der Waals surface area contributed by atoms with E-state index in [1.54, 1.807) is 0 Å². The van der Waals surface area contributed by atoms with Crippen LogP contribution in [0, 0.1) is 11.3 Å². The zero-order chi connectivity index (χ0) is 22.5. The molecule has 1 unspecified atom stereocenters. The van der Waals surface area contributed by atoms with Gasteiger partial charge in [-0.15, -0.1) is 0 Å². The minimum absolute atomic E-state index is 0.0150. The van der Waals surface area contributed by atoms with Gasteiger partial charge in [0.2, 0.25) is 0 Å². The molecule has 3 N–H and O–H groups in total. The van der Waals surface area contributed by atoms with Crippen molar-refractivity contribution in [1.29, 1.82) is 5.26 Å². The van der Waals surface area contributed by atoms with Crippen molar-refractivity contribution in [1.82, 2.24) is 0 Å². The largest absolute Gasteiger partial charge is 0.428 e. The molecule has 5 rings (SSSR count). The highest BCUT2D eigenvalue weighted by Crippen LogP contribution is 2.47. The lowest BCUT2D eigenvalue weighted by Crippen LogP contribution is -2.39. The second kappa shape index (κ2) is 7.68. The first-order chi connectivity index (χ1) is 15.4. The van der Waals surface area contributed by atoms with Crippen LogP contribution in [0.4, 0.5) is 5.69 Å². The molecule has 0 aromatic heterocycles. The number of amidine groups is 1. The van der Waals surface area contributed by atoms with Gasteiger partial charge in [0, 0.05) is 18.2 Å². The number of hydrogen-bond donors (Lipinski definition) is 2. The number of benzene rings is 2. The number of anilines is 1. The summed E-state index contributed by atoms with van der Waals surface area (Å²) in [5.41, 5.74) is 10.8. The number of fused-ring (bicyclic) bond motifs is 5.